The van der Waals surface area contributed by atoms with Gasteiger partial charge in [-0.2, -0.15) is 0 Å². The van der Waals surface area contributed by atoms with E-state index in [2.05, 4.69) is 65.5 Å². The highest BCUT2D eigenvalue weighted by molar-refractivity contribution is 5.98. The van der Waals surface area contributed by atoms with E-state index in [9.17, 15) is 28.8 Å². The molecule has 4 atom stereocenters. The summed E-state index contributed by atoms with van der Waals surface area (Å²) < 4.78 is 0. The summed E-state index contributed by atoms with van der Waals surface area (Å²) in [6.07, 6.45) is 5.51. The molecule has 0 aliphatic rings. The number of hydrogen-bond donors (Lipinski definition) is 6. The summed E-state index contributed by atoms with van der Waals surface area (Å²) in [5.74, 6) is -0.460. The van der Waals surface area contributed by atoms with Crippen molar-refractivity contribution < 1.29 is 28.8 Å². The Hall–Kier alpha value is -4.48. The Morgan fingerprint density at radius 3 is 1.39 bits per heavy atom. The van der Waals surface area contributed by atoms with Gasteiger partial charge in [0.15, 0.2) is 12.6 Å². The van der Waals surface area contributed by atoms with E-state index >= 15 is 0 Å². The van der Waals surface area contributed by atoms with Gasteiger partial charge in [0.1, 0.15) is 23.5 Å². The second kappa shape index (κ2) is 22.2. The third-order valence-corrected chi connectivity index (χ3v) is 7.56. The monoisotopic (exact) mass is 684 g/mol. The molecule has 0 radical (unpaired) electrons. The van der Waals surface area contributed by atoms with Crippen LogP contribution in [0.2, 0.25) is 0 Å². The molecule has 49 heavy (non-hydrogen) atoms. The fourth-order valence-corrected chi connectivity index (χ4v) is 4.92. The Kier molecular flexibility index (Phi) is 20.2. The van der Waals surface area contributed by atoms with Gasteiger partial charge in [0, 0.05) is 12.1 Å². The summed E-state index contributed by atoms with van der Waals surface area (Å²) in [5.41, 5.74) is 1.16. The fourth-order valence-electron chi connectivity index (χ4n) is 4.92. The van der Waals surface area contributed by atoms with Crippen molar-refractivity contribution in [1.29, 1.82) is 0 Å². The summed E-state index contributed by atoms with van der Waals surface area (Å²) in [5, 5.41) is 11.4. The molecule has 2 heterocycles. The van der Waals surface area contributed by atoms with Crippen LogP contribution >= 0.6 is 0 Å². The second-order valence-corrected chi connectivity index (χ2v) is 13.5. The first-order valence-corrected chi connectivity index (χ1v) is 16.7. The summed E-state index contributed by atoms with van der Waals surface area (Å²) in [4.78, 5) is 76.4. The number of carbonyl (C=O) groups is 6. The van der Waals surface area contributed by atoms with E-state index in [-0.39, 0.29) is 54.5 Å². The van der Waals surface area contributed by atoms with Crippen LogP contribution in [0.4, 0.5) is 0 Å². The first kappa shape index (κ1) is 44.5. The lowest BCUT2D eigenvalue weighted by Gasteiger charge is -2.25. The molecular formula is C37H60N6O6. The predicted molar refractivity (Wildman–Crippen MR) is 195 cm³/mol. The third kappa shape index (κ3) is 15.5. The highest BCUT2D eigenvalue weighted by Gasteiger charge is 2.28. The molecule has 0 saturated heterocycles. The SMILES string of the molecule is C.C=C[C@H](CC(C)C)NC(=O)[C@@H](NC(=O)c1ccc(C=O)[nH]1)C(C)C.CC[C@H](CC(C)C)NC(=O)[C@@H](NC(=O)c1ccc(C=O)[nH]1)C(C)C. The van der Waals surface area contributed by atoms with Crippen LogP contribution in [-0.4, -0.2) is 70.3 Å². The number of nitrogens with one attached hydrogen (secondary N) is 6. The molecule has 0 aliphatic carbocycles. The molecule has 0 aliphatic heterocycles. The molecule has 0 fully saturated rings. The number of amides is 4. The summed E-state index contributed by atoms with van der Waals surface area (Å²) in [7, 11) is 0. The molecule has 2 aromatic rings. The molecular weight excluding hydrogens is 624 g/mol. The van der Waals surface area contributed by atoms with Crippen LogP contribution < -0.4 is 21.3 Å². The summed E-state index contributed by atoms with van der Waals surface area (Å²) in [6, 6.07) is 4.76. The van der Waals surface area contributed by atoms with Gasteiger partial charge in [0.05, 0.1) is 11.4 Å². The molecule has 0 aromatic carbocycles. The highest BCUT2D eigenvalue weighted by Crippen LogP contribution is 2.12. The average molecular weight is 685 g/mol. The van der Waals surface area contributed by atoms with Crippen molar-refractivity contribution >= 4 is 36.2 Å². The van der Waals surface area contributed by atoms with E-state index in [1.54, 1.807) is 6.08 Å². The van der Waals surface area contributed by atoms with Gasteiger partial charge in [0.25, 0.3) is 11.8 Å². The van der Waals surface area contributed by atoms with Gasteiger partial charge >= 0.3 is 0 Å². The van der Waals surface area contributed by atoms with Gasteiger partial charge in [-0.25, -0.2) is 0 Å². The number of hydrogen-bond acceptors (Lipinski definition) is 6. The Labute approximate surface area is 292 Å². The topological polar surface area (TPSA) is 182 Å². The van der Waals surface area contributed by atoms with Gasteiger partial charge in [-0.15, -0.1) is 6.58 Å². The first-order chi connectivity index (χ1) is 22.6. The van der Waals surface area contributed by atoms with Crippen LogP contribution in [0, 0.1) is 23.7 Å². The van der Waals surface area contributed by atoms with Gasteiger partial charge < -0.3 is 31.2 Å². The molecule has 12 nitrogen and oxygen atoms in total. The first-order valence-electron chi connectivity index (χ1n) is 16.7. The van der Waals surface area contributed by atoms with Crippen molar-refractivity contribution in [3.05, 3.63) is 59.7 Å². The number of carbonyl (C=O) groups excluding carboxylic acids is 6. The van der Waals surface area contributed by atoms with Crippen LogP contribution in [0.1, 0.15) is 131 Å². The fraction of sp³-hybridized carbons (Fsp3) is 0.568. The van der Waals surface area contributed by atoms with Crippen LogP contribution in [0.5, 0.6) is 0 Å². The van der Waals surface area contributed by atoms with Crippen LogP contribution in [-0.2, 0) is 9.59 Å². The minimum absolute atomic E-state index is 0. The molecule has 0 saturated carbocycles. The molecule has 0 spiro atoms. The van der Waals surface area contributed by atoms with E-state index in [0.29, 0.717) is 35.8 Å². The average Bonchev–Trinajstić information content (AvgIpc) is 3.71. The van der Waals surface area contributed by atoms with E-state index in [0.717, 1.165) is 19.3 Å². The summed E-state index contributed by atoms with van der Waals surface area (Å²) in [6.45, 7) is 21.7. The lowest BCUT2D eigenvalue weighted by atomic mass is 9.99. The van der Waals surface area contributed by atoms with Gasteiger partial charge in [-0.1, -0.05) is 75.8 Å². The van der Waals surface area contributed by atoms with E-state index in [1.165, 1.54) is 24.3 Å². The molecule has 274 valence electrons. The van der Waals surface area contributed by atoms with Crippen molar-refractivity contribution in [3.63, 3.8) is 0 Å². The predicted octanol–water partition coefficient (Wildman–Crippen LogP) is 5.46. The Bertz CT molecular complexity index is 1360. The van der Waals surface area contributed by atoms with Crippen LogP contribution in [0.3, 0.4) is 0 Å². The minimum Gasteiger partial charge on any atom is -0.352 e. The quantitative estimate of drug-likeness (QED) is 0.0896. The molecule has 2 aromatic heterocycles. The Morgan fingerprint density at radius 1 is 0.673 bits per heavy atom. The zero-order valence-electron chi connectivity index (χ0n) is 29.9. The maximum absolute atomic E-state index is 12.6. The van der Waals surface area contributed by atoms with Crippen molar-refractivity contribution in [2.75, 3.05) is 0 Å². The number of aromatic nitrogens is 2. The zero-order valence-corrected chi connectivity index (χ0v) is 29.9. The lowest BCUT2D eigenvalue weighted by molar-refractivity contribution is -0.125. The third-order valence-electron chi connectivity index (χ3n) is 7.56. The molecule has 12 heteroatoms. The minimum atomic E-state index is -0.671. The normalized spacial score (nSPS) is 13.2. The largest absolute Gasteiger partial charge is 0.352 e. The molecule has 0 bridgehead atoms. The van der Waals surface area contributed by atoms with Gasteiger partial charge in [-0.3, -0.25) is 28.8 Å². The van der Waals surface area contributed by atoms with Crippen molar-refractivity contribution in [1.82, 2.24) is 31.2 Å². The number of rotatable bonds is 18. The van der Waals surface area contributed by atoms with Gasteiger partial charge in [0.2, 0.25) is 11.8 Å². The highest BCUT2D eigenvalue weighted by atomic mass is 16.2. The van der Waals surface area contributed by atoms with Gasteiger partial charge in [-0.05, 0) is 67.2 Å². The second-order valence-electron chi connectivity index (χ2n) is 13.5. The molecule has 0 unspecified atom stereocenters. The molecule has 4 amide bonds. The van der Waals surface area contributed by atoms with E-state index in [4.69, 9.17) is 0 Å². The van der Waals surface area contributed by atoms with Crippen molar-refractivity contribution in [2.24, 2.45) is 23.7 Å². The summed E-state index contributed by atoms with van der Waals surface area (Å²) >= 11 is 0. The smallest absolute Gasteiger partial charge is 0.268 e. The lowest BCUT2D eigenvalue weighted by Crippen LogP contribution is -2.52. The number of aromatic amines is 2. The maximum Gasteiger partial charge on any atom is 0.268 e. The maximum atomic E-state index is 12.6. The Morgan fingerprint density at radius 2 is 1.08 bits per heavy atom. The van der Waals surface area contributed by atoms with Crippen LogP contribution in [0.25, 0.3) is 0 Å². The Balaban J connectivity index is 0.000000922. The zero-order chi connectivity index (χ0) is 36.6. The van der Waals surface area contributed by atoms with Crippen LogP contribution in [0.15, 0.2) is 36.9 Å². The molecule has 6 N–H and O–H groups in total. The van der Waals surface area contributed by atoms with E-state index < -0.39 is 23.9 Å². The molecule has 2 rings (SSSR count). The van der Waals surface area contributed by atoms with Crippen molar-refractivity contribution in [2.45, 2.75) is 113 Å². The van der Waals surface area contributed by atoms with Crippen molar-refractivity contribution in [3.8, 4) is 0 Å². The number of H-pyrrole nitrogens is 2. The standard InChI is InChI=1S/C18H29N3O3.C18H27N3O3.CH4/c2*1-6-13(9-11(2)3)20-18(24)16(12(4)5)21-17(23)15-8-7-14(10-22)19-15;/h7-8,10-13,16,19H,6,9H2,1-5H3,(H,20,24)(H,21,23);6-8,10-13,16,19H,1,9H2,2-5H3,(H,20,24)(H,21,23);1H4/t2*13-,16+;/m11./s1. The number of aldehydes is 2. The van der Waals surface area contributed by atoms with E-state index in [1.807, 2.05) is 34.6 Å².